The van der Waals surface area contributed by atoms with Crippen LogP contribution in [-0.4, -0.2) is 45.2 Å². The van der Waals surface area contributed by atoms with Gasteiger partial charge in [-0.1, -0.05) is 12.1 Å². The van der Waals surface area contributed by atoms with Crippen LogP contribution in [0.3, 0.4) is 0 Å². The number of H-pyrrole nitrogens is 1. The fourth-order valence-corrected chi connectivity index (χ4v) is 3.53. The molecule has 0 spiro atoms. The van der Waals surface area contributed by atoms with Gasteiger partial charge < -0.3 is 20.1 Å². The molecule has 9 heteroatoms. The predicted octanol–water partition coefficient (Wildman–Crippen LogP) is 3.09. The van der Waals surface area contributed by atoms with Crippen molar-refractivity contribution in [2.75, 3.05) is 11.9 Å². The number of hydrogen-bond acceptors (Lipinski definition) is 6. The summed E-state index contributed by atoms with van der Waals surface area (Å²) in [4.78, 5) is 36.3. The van der Waals surface area contributed by atoms with Gasteiger partial charge in [-0.2, -0.15) is 0 Å². The number of hydroxylamine groups is 1. The number of ether oxygens (including phenoxy) is 1. The highest BCUT2D eigenvalue weighted by Gasteiger charge is 2.29. The third-order valence-corrected chi connectivity index (χ3v) is 5.16. The Morgan fingerprint density at radius 1 is 1.38 bits per heavy atom. The van der Waals surface area contributed by atoms with Crippen LogP contribution in [0.2, 0.25) is 0 Å². The number of benzene rings is 1. The minimum atomic E-state index is -1.23. The summed E-state index contributed by atoms with van der Waals surface area (Å²) >= 11 is 0. The van der Waals surface area contributed by atoms with E-state index in [-0.39, 0.29) is 12.5 Å². The van der Waals surface area contributed by atoms with Crippen molar-refractivity contribution in [3.05, 3.63) is 41.7 Å². The summed E-state index contributed by atoms with van der Waals surface area (Å²) in [6, 6.07) is 5.64. The second kappa shape index (κ2) is 10.5. The average molecular weight is 445 g/mol. The lowest BCUT2D eigenvalue weighted by Gasteiger charge is -2.27. The van der Waals surface area contributed by atoms with E-state index in [1.54, 1.807) is 33.2 Å². The number of carbonyl (C=O) groups is 2. The lowest BCUT2D eigenvalue weighted by Crippen LogP contribution is -2.40. The molecule has 0 saturated carbocycles. The van der Waals surface area contributed by atoms with Crippen molar-refractivity contribution >= 4 is 17.8 Å². The number of hydrogen-bond donors (Lipinski definition) is 4. The quantitative estimate of drug-likeness (QED) is 0.252. The van der Waals surface area contributed by atoms with Gasteiger partial charge in [0.05, 0.1) is 11.7 Å². The molecule has 0 saturated heterocycles. The molecule has 174 valence electrons. The number of nitrogens with zero attached hydrogens (tertiary/aromatic N) is 1. The Morgan fingerprint density at radius 2 is 2.19 bits per heavy atom. The van der Waals surface area contributed by atoms with Crippen LogP contribution in [0.15, 0.2) is 30.6 Å². The first-order chi connectivity index (χ1) is 15.2. The summed E-state index contributed by atoms with van der Waals surface area (Å²) in [7, 11) is 0. The molecule has 1 aliphatic heterocycles. The number of carboxylic acid groups (broad SMARTS) is 1. The monoisotopic (exact) mass is 444 g/mol. The van der Waals surface area contributed by atoms with Gasteiger partial charge in [0, 0.05) is 18.9 Å². The topological polar surface area (TPSA) is 126 Å². The molecule has 1 aromatic carbocycles. The summed E-state index contributed by atoms with van der Waals surface area (Å²) in [6.07, 6.45) is 7.39. The zero-order valence-corrected chi connectivity index (χ0v) is 18.8. The van der Waals surface area contributed by atoms with E-state index in [0.29, 0.717) is 0 Å². The lowest BCUT2D eigenvalue weighted by molar-refractivity contribution is -0.158. The Morgan fingerprint density at radius 3 is 2.88 bits per heavy atom. The third-order valence-electron chi connectivity index (χ3n) is 5.16. The van der Waals surface area contributed by atoms with Crippen LogP contribution in [0.25, 0.3) is 0 Å². The number of amides is 1. The van der Waals surface area contributed by atoms with Gasteiger partial charge in [-0.15, -0.1) is 0 Å². The molecule has 2 atom stereocenters. The molecule has 1 amide bonds. The number of nitrogens with one attached hydrogen (secondary N) is 3. The summed E-state index contributed by atoms with van der Waals surface area (Å²) in [6.45, 7) is 6.14. The Labute approximate surface area is 187 Å². The number of aliphatic carboxylic acids is 1. The number of carboxylic acids is 1. The first kappa shape index (κ1) is 23.6. The molecule has 2 aromatic rings. The molecular weight excluding hydrogens is 412 g/mol. The molecule has 0 radical (unpaired) electrons. The molecule has 1 aromatic heterocycles. The summed E-state index contributed by atoms with van der Waals surface area (Å²) in [5.41, 5.74) is 3.49. The maximum absolute atomic E-state index is 12.3. The molecule has 2 heterocycles. The van der Waals surface area contributed by atoms with E-state index in [9.17, 15) is 14.7 Å². The number of carbonyl (C=O) groups excluding carboxylic acids is 1. The Hall–Kier alpha value is -3.07. The van der Waals surface area contributed by atoms with E-state index in [1.165, 1.54) is 0 Å². The highest BCUT2D eigenvalue weighted by Crippen LogP contribution is 2.30. The predicted molar refractivity (Wildman–Crippen MR) is 119 cm³/mol. The SMILES string of the molecule is CC(C)(C)ONC(=O)[C@H](Cc1ccc2c(c1)CC[C@@H](CCCNc1ncc[nH]1)O2)C(=O)O. The number of aromatic amines is 1. The fraction of sp³-hybridized carbons (Fsp3) is 0.522. The molecule has 4 N–H and O–H groups in total. The minimum absolute atomic E-state index is 0.0871. The van der Waals surface area contributed by atoms with Crippen molar-refractivity contribution in [2.24, 2.45) is 5.92 Å². The van der Waals surface area contributed by atoms with Gasteiger partial charge in [-0.3, -0.25) is 14.4 Å². The number of anilines is 1. The largest absolute Gasteiger partial charge is 0.490 e. The van der Waals surface area contributed by atoms with Crippen molar-refractivity contribution in [1.29, 1.82) is 0 Å². The van der Waals surface area contributed by atoms with Gasteiger partial charge in [0.2, 0.25) is 0 Å². The van der Waals surface area contributed by atoms with Crippen molar-refractivity contribution in [1.82, 2.24) is 15.4 Å². The standard InChI is InChI=1S/C23H32N4O5/c1-23(2,3)32-27-20(28)18(21(29)30)14-15-6-9-19-16(13-15)7-8-17(31-19)5-4-10-24-22-25-11-12-26-22/h6,9,11-13,17-18H,4-5,7-8,10,14H2,1-3H3,(H,27,28)(H,29,30)(H2,24,25,26)/t17-,18+/m1/s1. The maximum atomic E-state index is 12.3. The van der Waals surface area contributed by atoms with Gasteiger partial charge in [0.25, 0.3) is 5.91 Å². The summed E-state index contributed by atoms with van der Waals surface area (Å²) < 4.78 is 6.13. The van der Waals surface area contributed by atoms with E-state index in [1.807, 2.05) is 18.2 Å². The van der Waals surface area contributed by atoms with Crippen LogP contribution in [0.4, 0.5) is 5.95 Å². The van der Waals surface area contributed by atoms with Gasteiger partial charge in [0.1, 0.15) is 11.7 Å². The maximum Gasteiger partial charge on any atom is 0.316 e. The zero-order valence-electron chi connectivity index (χ0n) is 18.8. The van der Waals surface area contributed by atoms with Crippen LogP contribution in [0.1, 0.15) is 51.2 Å². The number of aryl methyl sites for hydroxylation is 1. The van der Waals surface area contributed by atoms with Crippen molar-refractivity contribution in [3.8, 4) is 5.75 Å². The second-order valence-electron chi connectivity index (χ2n) is 9.00. The smallest absolute Gasteiger partial charge is 0.316 e. The highest BCUT2D eigenvalue weighted by atomic mass is 16.7. The van der Waals surface area contributed by atoms with Crippen LogP contribution in [0, 0.1) is 5.92 Å². The molecular formula is C23H32N4O5. The van der Waals surface area contributed by atoms with Crippen molar-refractivity contribution in [2.45, 2.75) is 64.6 Å². The first-order valence-corrected chi connectivity index (χ1v) is 10.9. The van der Waals surface area contributed by atoms with E-state index in [4.69, 9.17) is 9.57 Å². The Bertz CT molecular complexity index is 908. The van der Waals surface area contributed by atoms with E-state index in [0.717, 1.165) is 55.1 Å². The van der Waals surface area contributed by atoms with Crippen LogP contribution in [0.5, 0.6) is 5.75 Å². The molecule has 32 heavy (non-hydrogen) atoms. The van der Waals surface area contributed by atoms with Crippen molar-refractivity contribution < 1.29 is 24.3 Å². The zero-order chi connectivity index (χ0) is 23.1. The second-order valence-corrected chi connectivity index (χ2v) is 9.00. The molecule has 1 aliphatic rings. The number of aromatic nitrogens is 2. The van der Waals surface area contributed by atoms with E-state index in [2.05, 4.69) is 20.8 Å². The number of imidazole rings is 1. The van der Waals surface area contributed by atoms with Gasteiger partial charge in [0.15, 0.2) is 5.95 Å². The lowest BCUT2D eigenvalue weighted by atomic mass is 9.93. The first-order valence-electron chi connectivity index (χ1n) is 10.9. The number of rotatable bonds is 10. The molecule has 0 unspecified atom stereocenters. The molecule has 0 aliphatic carbocycles. The summed E-state index contributed by atoms with van der Waals surface area (Å²) in [5.74, 6) is -1.47. The average Bonchev–Trinajstić information content (AvgIpc) is 3.26. The van der Waals surface area contributed by atoms with Gasteiger partial charge in [-0.05, 0) is 70.1 Å². The van der Waals surface area contributed by atoms with Crippen LogP contribution < -0.4 is 15.5 Å². The van der Waals surface area contributed by atoms with Crippen LogP contribution in [-0.2, 0) is 27.3 Å². The Balaban J connectivity index is 1.51. The van der Waals surface area contributed by atoms with Crippen molar-refractivity contribution in [3.63, 3.8) is 0 Å². The van der Waals surface area contributed by atoms with E-state index >= 15 is 0 Å². The normalized spacial score (nSPS) is 16.5. The van der Waals surface area contributed by atoms with Gasteiger partial charge >= 0.3 is 5.97 Å². The molecule has 0 fully saturated rings. The molecule has 3 rings (SSSR count). The Kier molecular flexibility index (Phi) is 7.74. The molecule has 9 nitrogen and oxygen atoms in total. The third kappa shape index (κ3) is 6.98. The minimum Gasteiger partial charge on any atom is -0.490 e. The van der Waals surface area contributed by atoms with Crippen LogP contribution >= 0.6 is 0 Å². The van der Waals surface area contributed by atoms with Gasteiger partial charge in [-0.25, -0.2) is 10.5 Å². The summed E-state index contributed by atoms with van der Waals surface area (Å²) in [5, 5.41) is 12.8. The molecule has 0 bridgehead atoms. The number of fused-ring (bicyclic) bond motifs is 1. The highest BCUT2D eigenvalue weighted by molar-refractivity contribution is 5.96. The fourth-order valence-electron chi connectivity index (χ4n) is 3.53. The van der Waals surface area contributed by atoms with E-state index < -0.39 is 23.4 Å².